The molecule has 138 valence electrons. The summed E-state index contributed by atoms with van der Waals surface area (Å²) in [5.74, 6) is -1.00. The molecule has 1 aromatic heterocycles. The number of nitrogens with zero attached hydrogens (tertiary/aromatic N) is 2. The third-order valence-electron chi connectivity index (χ3n) is 3.75. The number of aromatic nitrogens is 1. The number of benzene rings is 1. The summed E-state index contributed by atoms with van der Waals surface area (Å²) in [4.78, 5) is 29.9. The van der Waals surface area contributed by atoms with Crippen LogP contribution in [0.2, 0.25) is 0 Å². The number of carbonyl (C=O) groups excluding carboxylic acids is 2. The number of pyridine rings is 1. The van der Waals surface area contributed by atoms with Gasteiger partial charge in [-0.15, -0.1) is 0 Å². The van der Waals surface area contributed by atoms with Crippen LogP contribution in [-0.2, 0) is 22.6 Å². The lowest BCUT2D eigenvalue weighted by atomic mass is 10.1. The van der Waals surface area contributed by atoms with Gasteiger partial charge in [-0.1, -0.05) is 12.1 Å². The lowest BCUT2D eigenvalue weighted by Gasteiger charge is -2.22. The van der Waals surface area contributed by atoms with Gasteiger partial charge in [-0.25, -0.2) is 4.39 Å². The predicted molar refractivity (Wildman–Crippen MR) is 94.5 cm³/mol. The van der Waals surface area contributed by atoms with Crippen LogP contribution in [0.4, 0.5) is 4.39 Å². The fraction of sp³-hybridized carbons (Fsp3) is 0.316. The van der Waals surface area contributed by atoms with Crippen molar-refractivity contribution >= 4 is 11.8 Å². The fourth-order valence-electron chi connectivity index (χ4n) is 2.44. The van der Waals surface area contributed by atoms with Crippen LogP contribution < -0.4 is 5.32 Å². The third-order valence-corrected chi connectivity index (χ3v) is 3.75. The first-order valence-corrected chi connectivity index (χ1v) is 8.37. The van der Waals surface area contributed by atoms with Gasteiger partial charge in [0.05, 0.1) is 13.0 Å². The number of hydrogen-bond donors (Lipinski definition) is 2. The van der Waals surface area contributed by atoms with Gasteiger partial charge < -0.3 is 15.3 Å². The zero-order valence-corrected chi connectivity index (χ0v) is 14.4. The molecule has 2 amide bonds. The van der Waals surface area contributed by atoms with Crippen LogP contribution in [0.15, 0.2) is 48.8 Å². The Morgan fingerprint density at radius 3 is 2.62 bits per heavy atom. The Kier molecular flexibility index (Phi) is 7.70. The number of carbonyl (C=O) groups is 2. The van der Waals surface area contributed by atoms with E-state index in [9.17, 15) is 14.0 Å². The van der Waals surface area contributed by atoms with Crippen molar-refractivity contribution < 1.29 is 19.1 Å². The van der Waals surface area contributed by atoms with Gasteiger partial charge in [0, 0.05) is 32.1 Å². The predicted octanol–water partition coefficient (Wildman–Crippen LogP) is 1.29. The minimum atomic E-state index is -0.404. The summed E-state index contributed by atoms with van der Waals surface area (Å²) in [5, 5.41) is 11.6. The van der Waals surface area contributed by atoms with Crippen molar-refractivity contribution in [3.05, 3.63) is 65.7 Å². The first kappa shape index (κ1) is 19.5. The van der Waals surface area contributed by atoms with E-state index in [0.717, 1.165) is 5.56 Å². The van der Waals surface area contributed by atoms with Crippen molar-refractivity contribution in [2.45, 2.75) is 19.4 Å². The van der Waals surface area contributed by atoms with Crippen LogP contribution in [0.1, 0.15) is 17.5 Å². The molecule has 0 aliphatic heterocycles. The molecule has 0 aliphatic rings. The molecule has 0 radical (unpaired) electrons. The Hall–Kier alpha value is -2.80. The molecule has 0 aliphatic carbocycles. The Bertz CT molecular complexity index is 725. The molecule has 0 fully saturated rings. The monoisotopic (exact) mass is 359 g/mol. The first-order chi connectivity index (χ1) is 12.6. The van der Waals surface area contributed by atoms with E-state index in [4.69, 9.17) is 5.11 Å². The van der Waals surface area contributed by atoms with Crippen LogP contribution in [0.3, 0.4) is 0 Å². The molecule has 0 unspecified atom stereocenters. The molecule has 0 saturated carbocycles. The Morgan fingerprint density at radius 1 is 1.15 bits per heavy atom. The summed E-state index contributed by atoms with van der Waals surface area (Å²) in [6.07, 6.45) is 3.75. The van der Waals surface area contributed by atoms with E-state index in [0.29, 0.717) is 25.1 Å². The van der Waals surface area contributed by atoms with Gasteiger partial charge in [0.25, 0.3) is 0 Å². The lowest BCUT2D eigenvalue weighted by molar-refractivity contribution is -0.133. The van der Waals surface area contributed by atoms with E-state index in [1.54, 1.807) is 23.4 Å². The van der Waals surface area contributed by atoms with E-state index in [2.05, 4.69) is 10.3 Å². The van der Waals surface area contributed by atoms with E-state index in [1.807, 2.05) is 12.1 Å². The van der Waals surface area contributed by atoms with Crippen molar-refractivity contribution in [3.8, 4) is 0 Å². The first-order valence-electron chi connectivity index (χ1n) is 8.37. The Morgan fingerprint density at radius 2 is 1.92 bits per heavy atom. The van der Waals surface area contributed by atoms with Crippen LogP contribution in [0, 0.1) is 5.82 Å². The zero-order valence-electron chi connectivity index (χ0n) is 14.4. The van der Waals surface area contributed by atoms with Gasteiger partial charge in [0.15, 0.2) is 0 Å². The second-order valence-electron chi connectivity index (χ2n) is 5.83. The second-order valence-corrected chi connectivity index (χ2v) is 5.83. The number of aliphatic hydroxyl groups excluding tert-OH is 1. The minimum absolute atomic E-state index is 0.00599. The quantitative estimate of drug-likeness (QED) is 0.707. The van der Waals surface area contributed by atoms with Crippen molar-refractivity contribution in [1.82, 2.24) is 15.2 Å². The number of halogens is 1. The van der Waals surface area contributed by atoms with E-state index < -0.39 is 5.82 Å². The van der Waals surface area contributed by atoms with Gasteiger partial charge in [0.2, 0.25) is 11.8 Å². The molecule has 7 heteroatoms. The molecule has 26 heavy (non-hydrogen) atoms. The average molecular weight is 359 g/mol. The summed E-state index contributed by atoms with van der Waals surface area (Å²) in [6.45, 7) is 0.593. The molecular weight excluding hydrogens is 337 g/mol. The molecule has 0 saturated heterocycles. The van der Waals surface area contributed by atoms with E-state index >= 15 is 0 Å². The second kappa shape index (κ2) is 10.2. The number of amides is 2. The average Bonchev–Trinajstić information content (AvgIpc) is 2.64. The number of rotatable bonds is 9. The zero-order chi connectivity index (χ0) is 18.8. The van der Waals surface area contributed by atoms with Crippen molar-refractivity contribution in [2.24, 2.45) is 0 Å². The summed E-state index contributed by atoms with van der Waals surface area (Å²) in [6, 6.07) is 9.40. The molecule has 1 aromatic carbocycles. The SMILES string of the molecule is O=C(Cc1cccc(F)c1)NCC(=O)N(CCCO)Cc1ccncc1. The fourth-order valence-corrected chi connectivity index (χ4v) is 2.44. The minimum Gasteiger partial charge on any atom is -0.396 e. The van der Waals surface area contributed by atoms with Gasteiger partial charge >= 0.3 is 0 Å². The van der Waals surface area contributed by atoms with Crippen molar-refractivity contribution in [2.75, 3.05) is 19.7 Å². The molecular formula is C19H22FN3O3. The van der Waals surface area contributed by atoms with Crippen LogP contribution in [-0.4, -0.2) is 46.5 Å². The topological polar surface area (TPSA) is 82.5 Å². The summed E-state index contributed by atoms with van der Waals surface area (Å²) in [7, 11) is 0. The van der Waals surface area contributed by atoms with E-state index in [-0.39, 0.29) is 31.4 Å². The molecule has 2 N–H and O–H groups in total. The van der Waals surface area contributed by atoms with Crippen LogP contribution in [0.5, 0.6) is 0 Å². The largest absolute Gasteiger partial charge is 0.396 e. The Labute approximate surface area is 151 Å². The maximum absolute atomic E-state index is 13.1. The number of aliphatic hydroxyl groups is 1. The molecule has 2 aromatic rings. The maximum Gasteiger partial charge on any atom is 0.242 e. The maximum atomic E-state index is 13.1. The molecule has 2 rings (SSSR count). The summed E-state index contributed by atoms with van der Waals surface area (Å²) >= 11 is 0. The molecule has 0 atom stereocenters. The number of hydrogen-bond acceptors (Lipinski definition) is 4. The van der Waals surface area contributed by atoms with Crippen molar-refractivity contribution in [1.29, 1.82) is 0 Å². The highest BCUT2D eigenvalue weighted by molar-refractivity contribution is 5.85. The van der Waals surface area contributed by atoms with Crippen molar-refractivity contribution in [3.63, 3.8) is 0 Å². The van der Waals surface area contributed by atoms with Gasteiger partial charge in [-0.2, -0.15) is 0 Å². The highest BCUT2D eigenvalue weighted by Crippen LogP contribution is 2.06. The van der Waals surface area contributed by atoms with Gasteiger partial charge in [0.1, 0.15) is 5.82 Å². The molecule has 1 heterocycles. The Balaban J connectivity index is 1.88. The van der Waals surface area contributed by atoms with Crippen LogP contribution >= 0.6 is 0 Å². The molecule has 0 bridgehead atoms. The lowest BCUT2D eigenvalue weighted by Crippen LogP contribution is -2.41. The normalized spacial score (nSPS) is 10.4. The standard InChI is InChI=1S/C19H22FN3O3/c20-17-4-1-3-16(11-17)12-18(25)22-13-19(26)23(9-2-10-24)14-15-5-7-21-8-6-15/h1,3-8,11,24H,2,9-10,12-14H2,(H,22,25). The highest BCUT2D eigenvalue weighted by atomic mass is 19.1. The smallest absolute Gasteiger partial charge is 0.242 e. The van der Waals surface area contributed by atoms with Crippen LogP contribution in [0.25, 0.3) is 0 Å². The number of nitrogens with one attached hydrogen (secondary N) is 1. The molecule has 0 spiro atoms. The summed E-state index contributed by atoms with van der Waals surface area (Å²) < 4.78 is 13.1. The summed E-state index contributed by atoms with van der Waals surface area (Å²) in [5.41, 5.74) is 1.46. The van der Waals surface area contributed by atoms with Gasteiger partial charge in [-0.3, -0.25) is 14.6 Å². The highest BCUT2D eigenvalue weighted by Gasteiger charge is 2.15. The molecule has 6 nitrogen and oxygen atoms in total. The van der Waals surface area contributed by atoms with E-state index in [1.165, 1.54) is 18.2 Å². The van der Waals surface area contributed by atoms with Gasteiger partial charge in [-0.05, 0) is 41.8 Å². The third kappa shape index (κ3) is 6.60.